The maximum atomic E-state index is 4.66. The van der Waals surface area contributed by atoms with Crippen molar-refractivity contribution in [2.24, 2.45) is 0 Å². The molecule has 3 aromatic heterocycles. The second kappa shape index (κ2) is 5.00. The zero-order valence-corrected chi connectivity index (χ0v) is 13.2. The summed E-state index contributed by atoms with van der Waals surface area (Å²) in [7, 11) is 0. The number of halogens is 1. The van der Waals surface area contributed by atoms with E-state index in [-0.39, 0.29) is 0 Å². The molecule has 0 saturated carbocycles. The monoisotopic (exact) mass is 386 g/mol. The molecule has 0 saturated heterocycles. The van der Waals surface area contributed by atoms with Gasteiger partial charge in [0, 0.05) is 39.6 Å². The molecule has 0 atom stereocenters. The topological polar surface area (TPSA) is 35.1 Å². The lowest BCUT2D eigenvalue weighted by molar-refractivity contribution is 1.06. The third-order valence-electron chi connectivity index (χ3n) is 3.38. The molecule has 4 aromatic rings. The molecule has 0 N–H and O–H groups in total. The van der Waals surface area contributed by atoms with Gasteiger partial charge in [-0.3, -0.25) is 0 Å². The molecule has 0 amide bonds. The van der Waals surface area contributed by atoms with Gasteiger partial charge in [0.25, 0.3) is 0 Å². The molecule has 1 aromatic carbocycles. The highest BCUT2D eigenvalue weighted by atomic mass is 127. The molecule has 0 unspecified atom stereocenters. The molecule has 4 nitrogen and oxygen atoms in total. The summed E-state index contributed by atoms with van der Waals surface area (Å²) in [6.07, 6.45) is 9.64. The van der Waals surface area contributed by atoms with E-state index in [4.69, 9.17) is 0 Å². The van der Waals surface area contributed by atoms with Crippen LogP contribution in [0.2, 0.25) is 0 Å². The molecule has 0 aliphatic heterocycles. The Balaban J connectivity index is 1.74. The fourth-order valence-electron chi connectivity index (χ4n) is 2.32. The molecule has 21 heavy (non-hydrogen) atoms. The van der Waals surface area contributed by atoms with Gasteiger partial charge in [-0.15, -0.1) is 0 Å². The average molecular weight is 386 g/mol. The quantitative estimate of drug-likeness (QED) is 0.492. The molecule has 5 heteroatoms. The van der Waals surface area contributed by atoms with Crippen molar-refractivity contribution < 1.29 is 0 Å². The number of pyridine rings is 1. The van der Waals surface area contributed by atoms with Gasteiger partial charge in [0.05, 0.1) is 12.0 Å². The van der Waals surface area contributed by atoms with Crippen molar-refractivity contribution in [1.29, 1.82) is 0 Å². The highest BCUT2D eigenvalue weighted by Crippen LogP contribution is 2.21. The molecular formula is C16H11IN4. The zero-order chi connectivity index (χ0) is 14.2. The summed E-state index contributed by atoms with van der Waals surface area (Å²) in [4.78, 5) is 8.72. The van der Waals surface area contributed by atoms with E-state index in [1.807, 2.05) is 16.8 Å². The number of aromatic nitrogens is 4. The predicted molar refractivity (Wildman–Crippen MR) is 90.5 cm³/mol. The largest absolute Gasteiger partial charge is 0.306 e. The second-order valence-electron chi connectivity index (χ2n) is 4.76. The first kappa shape index (κ1) is 12.6. The minimum Gasteiger partial charge on any atom is -0.306 e. The number of fused-ring (bicyclic) bond motifs is 1. The Bertz CT molecular complexity index is 892. The Kier molecular flexibility index (Phi) is 2.99. The van der Waals surface area contributed by atoms with Crippen molar-refractivity contribution in [2.75, 3.05) is 0 Å². The summed E-state index contributed by atoms with van der Waals surface area (Å²) in [5.41, 5.74) is 4.14. The van der Waals surface area contributed by atoms with Crippen LogP contribution in [-0.2, 0) is 0 Å². The molecule has 0 aliphatic rings. The summed E-state index contributed by atoms with van der Waals surface area (Å²) >= 11 is 2.30. The van der Waals surface area contributed by atoms with E-state index >= 15 is 0 Å². The van der Waals surface area contributed by atoms with Crippen LogP contribution in [0.5, 0.6) is 0 Å². The van der Waals surface area contributed by atoms with Gasteiger partial charge >= 0.3 is 0 Å². The summed E-state index contributed by atoms with van der Waals surface area (Å²) in [6.45, 7) is 0. The van der Waals surface area contributed by atoms with Crippen molar-refractivity contribution in [3.8, 4) is 16.9 Å². The Morgan fingerprint density at radius 2 is 1.81 bits per heavy atom. The van der Waals surface area contributed by atoms with E-state index < -0.39 is 0 Å². The number of imidazole rings is 2. The maximum absolute atomic E-state index is 4.66. The minimum atomic E-state index is 0.962. The Labute approximate surface area is 135 Å². The lowest BCUT2D eigenvalue weighted by atomic mass is 10.1. The summed E-state index contributed by atoms with van der Waals surface area (Å²) < 4.78 is 5.23. The third kappa shape index (κ3) is 2.33. The fraction of sp³-hybridized carbons (Fsp3) is 0. The van der Waals surface area contributed by atoms with E-state index in [0.29, 0.717) is 0 Å². The van der Waals surface area contributed by atoms with Crippen LogP contribution < -0.4 is 0 Å². The molecule has 4 rings (SSSR count). The number of nitrogens with zero attached hydrogens (tertiary/aromatic N) is 4. The fourth-order valence-corrected chi connectivity index (χ4v) is 2.80. The molecule has 0 radical (unpaired) electrons. The van der Waals surface area contributed by atoms with Crippen LogP contribution in [0.3, 0.4) is 0 Å². The van der Waals surface area contributed by atoms with Gasteiger partial charge < -0.3 is 8.97 Å². The minimum absolute atomic E-state index is 0.962. The SMILES string of the molecule is Ic1ccc2nc(-c3ccc(-n4ccnc4)cc3)cn2c1. The van der Waals surface area contributed by atoms with E-state index in [2.05, 4.69) is 79.7 Å². The van der Waals surface area contributed by atoms with Crippen LogP contribution >= 0.6 is 22.6 Å². The Hall–Kier alpha value is -2.15. The van der Waals surface area contributed by atoms with Crippen molar-refractivity contribution in [3.05, 3.63) is 71.1 Å². The van der Waals surface area contributed by atoms with Crippen molar-refractivity contribution in [1.82, 2.24) is 18.9 Å². The molecule has 0 fully saturated rings. The van der Waals surface area contributed by atoms with Gasteiger partial charge in [-0.25, -0.2) is 9.97 Å². The second-order valence-corrected chi connectivity index (χ2v) is 6.00. The summed E-state index contributed by atoms with van der Waals surface area (Å²) in [5, 5.41) is 0. The highest BCUT2D eigenvalue weighted by Gasteiger charge is 2.05. The van der Waals surface area contributed by atoms with E-state index in [1.165, 1.54) is 3.57 Å². The molecule has 0 spiro atoms. The summed E-state index contributed by atoms with van der Waals surface area (Å²) in [5.74, 6) is 0. The summed E-state index contributed by atoms with van der Waals surface area (Å²) in [6, 6.07) is 12.4. The van der Waals surface area contributed by atoms with E-state index in [9.17, 15) is 0 Å². The normalized spacial score (nSPS) is 11.1. The van der Waals surface area contributed by atoms with Crippen LogP contribution in [-0.4, -0.2) is 18.9 Å². The van der Waals surface area contributed by atoms with Crippen LogP contribution in [0.1, 0.15) is 0 Å². The lowest BCUT2D eigenvalue weighted by Gasteiger charge is -2.02. The number of benzene rings is 1. The average Bonchev–Trinajstić information content (AvgIpc) is 3.16. The molecule has 102 valence electrons. The first-order valence-electron chi connectivity index (χ1n) is 6.53. The van der Waals surface area contributed by atoms with Crippen LogP contribution in [0.15, 0.2) is 67.5 Å². The van der Waals surface area contributed by atoms with E-state index in [1.54, 1.807) is 12.5 Å². The first-order chi connectivity index (χ1) is 10.3. The van der Waals surface area contributed by atoms with Crippen LogP contribution in [0.4, 0.5) is 0 Å². The van der Waals surface area contributed by atoms with Gasteiger partial charge in [0.2, 0.25) is 0 Å². The van der Waals surface area contributed by atoms with E-state index in [0.717, 1.165) is 22.6 Å². The first-order valence-corrected chi connectivity index (χ1v) is 7.60. The van der Waals surface area contributed by atoms with Crippen molar-refractivity contribution in [3.63, 3.8) is 0 Å². The standard InChI is InChI=1S/C16H11IN4/c17-13-3-6-16-19-15(10-21(16)9-13)12-1-4-14(5-2-12)20-8-7-18-11-20/h1-11H. The number of hydrogen-bond acceptors (Lipinski definition) is 2. The maximum Gasteiger partial charge on any atom is 0.137 e. The number of hydrogen-bond donors (Lipinski definition) is 0. The molecule has 0 bridgehead atoms. The van der Waals surface area contributed by atoms with Gasteiger partial charge in [-0.05, 0) is 46.9 Å². The Morgan fingerprint density at radius 1 is 0.952 bits per heavy atom. The molecule has 3 heterocycles. The number of rotatable bonds is 2. The van der Waals surface area contributed by atoms with Gasteiger partial charge in [-0.1, -0.05) is 12.1 Å². The zero-order valence-electron chi connectivity index (χ0n) is 11.0. The van der Waals surface area contributed by atoms with Crippen molar-refractivity contribution >= 4 is 28.2 Å². The molecular weight excluding hydrogens is 375 g/mol. The van der Waals surface area contributed by atoms with Crippen LogP contribution in [0, 0.1) is 3.57 Å². The van der Waals surface area contributed by atoms with Crippen LogP contribution in [0.25, 0.3) is 22.6 Å². The van der Waals surface area contributed by atoms with Gasteiger partial charge in [-0.2, -0.15) is 0 Å². The Morgan fingerprint density at radius 3 is 2.57 bits per heavy atom. The van der Waals surface area contributed by atoms with Crippen molar-refractivity contribution in [2.45, 2.75) is 0 Å². The lowest BCUT2D eigenvalue weighted by Crippen LogP contribution is -1.89. The van der Waals surface area contributed by atoms with Gasteiger partial charge in [0.15, 0.2) is 0 Å². The smallest absolute Gasteiger partial charge is 0.137 e. The van der Waals surface area contributed by atoms with Gasteiger partial charge in [0.1, 0.15) is 5.65 Å². The predicted octanol–water partition coefficient (Wildman–Crippen LogP) is 3.79. The third-order valence-corrected chi connectivity index (χ3v) is 4.02. The highest BCUT2D eigenvalue weighted by molar-refractivity contribution is 14.1. The molecule has 0 aliphatic carbocycles.